The number of rotatable bonds is 2. The van der Waals surface area contributed by atoms with Gasteiger partial charge in [0.25, 0.3) is 0 Å². The van der Waals surface area contributed by atoms with Gasteiger partial charge in [0, 0.05) is 16.5 Å². The Morgan fingerprint density at radius 3 is 1.43 bits per heavy atom. The second kappa shape index (κ2) is 6.58. The SMILES string of the molecule is Cc1ccccc1N=C1C(=Nc2ccccc2C)c2cccc3cccc1c23. The van der Waals surface area contributed by atoms with Crippen LogP contribution in [0, 0.1) is 13.8 Å². The Morgan fingerprint density at radius 2 is 0.964 bits per heavy atom. The molecule has 1 aliphatic carbocycles. The average molecular weight is 360 g/mol. The molecule has 0 aromatic heterocycles. The van der Waals surface area contributed by atoms with Gasteiger partial charge in [0.15, 0.2) is 0 Å². The van der Waals surface area contributed by atoms with Crippen molar-refractivity contribution in [2.45, 2.75) is 13.8 Å². The van der Waals surface area contributed by atoms with E-state index in [2.05, 4.69) is 74.5 Å². The molecule has 4 aromatic rings. The van der Waals surface area contributed by atoms with Crippen molar-refractivity contribution in [2.75, 3.05) is 0 Å². The normalized spacial score (nSPS) is 15.6. The Morgan fingerprint density at radius 1 is 0.500 bits per heavy atom. The van der Waals surface area contributed by atoms with Gasteiger partial charge in [0.2, 0.25) is 0 Å². The fourth-order valence-corrected chi connectivity index (χ4v) is 3.84. The molecule has 0 aliphatic heterocycles. The van der Waals surface area contributed by atoms with E-state index in [0.717, 1.165) is 45.1 Å². The van der Waals surface area contributed by atoms with Crippen molar-refractivity contribution in [2.24, 2.45) is 9.98 Å². The smallest absolute Gasteiger partial charge is 0.0978 e. The maximum atomic E-state index is 5.09. The van der Waals surface area contributed by atoms with E-state index in [1.165, 1.54) is 10.8 Å². The van der Waals surface area contributed by atoms with Gasteiger partial charge in [0.05, 0.1) is 22.8 Å². The van der Waals surface area contributed by atoms with Gasteiger partial charge >= 0.3 is 0 Å². The molecule has 0 fully saturated rings. The highest BCUT2D eigenvalue weighted by Gasteiger charge is 2.27. The van der Waals surface area contributed by atoms with Crippen LogP contribution in [0.25, 0.3) is 10.8 Å². The summed E-state index contributed by atoms with van der Waals surface area (Å²) < 4.78 is 0. The van der Waals surface area contributed by atoms with Crippen LogP contribution in [0.4, 0.5) is 11.4 Å². The standard InChI is InChI=1S/C26H20N2/c1-17-9-3-5-15-22(17)27-25-20-13-7-11-19-12-8-14-21(24(19)20)26(25)28-23-16-6-4-10-18(23)2/h3-16H,1-2H3. The van der Waals surface area contributed by atoms with Crippen LogP contribution in [0.2, 0.25) is 0 Å². The highest BCUT2D eigenvalue weighted by Crippen LogP contribution is 2.35. The average Bonchev–Trinajstić information content (AvgIpc) is 3.01. The Balaban J connectivity index is 1.82. The number of hydrogen-bond donors (Lipinski definition) is 0. The molecule has 0 bridgehead atoms. The maximum absolute atomic E-state index is 5.09. The molecule has 0 unspecified atom stereocenters. The molecule has 0 heterocycles. The third-order valence-corrected chi connectivity index (χ3v) is 5.33. The van der Waals surface area contributed by atoms with E-state index in [1.807, 2.05) is 24.3 Å². The van der Waals surface area contributed by atoms with Crippen LogP contribution >= 0.6 is 0 Å². The summed E-state index contributed by atoms with van der Waals surface area (Å²) in [5.74, 6) is 0. The van der Waals surface area contributed by atoms with Crippen molar-refractivity contribution in [1.82, 2.24) is 0 Å². The summed E-state index contributed by atoms with van der Waals surface area (Å²) in [6, 6.07) is 29.3. The van der Waals surface area contributed by atoms with Crippen LogP contribution < -0.4 is 0 Å². The highest BCUT2D eigenvalue weighted by molar-refractivity contribution is 6.61. The largest absolute Gasteiger partial charge is 0.246 e. The van der Waals surface area contributed by atoms with Crippen LogP contribution in [0.15, 0.2) is 94.9 Å². The zero-order valence-electron chi connectivity index (χ0n) is 16.0. The second-order valence-corrected chi connectivity index (χ2v) is 7.20. The van der Waals surface area contributed by atoms with Gasteiger partial charge in [-0.2, -0.15) is 0 Å². The van der Waals surface area contributed by atoms with Gasteiger partial charge in [-0.1, -0.05) is 72.8 Å². The number of aliphatic imine (C=N–C) groups is 2. The molecule has 0 N–H and O–H groups in total. The fourth-order valence-electron chi connectivity index (χ4n) is 3.84. The molecule has 134 valence electrons. The minimum absolute atomic E-state index is 0.948. The number of para-hydroxylation sites is 2. The molecule has 28 heavy (non-hydrogen) atoms. The summed E-state index contributed by atoms with van der Waals surface area (Å²) in [4.78, 5) is 10.2. The van der Waals surface area contributed by atoms with Gasteiger partial charge in [-0.3, -0.25) is 0 Å². The van der Waals surface area contributed by atoms with E-state index in [0.29, 0.717) is 0 Å². The van der Waals surface area contributed by atoms with E-state index in [1.54, 1.807) is 0 Å². The molecule has 2 heteroatoms. The highest BCUT2D eigenvalue weighted by atomic mass is 14.8. The summed E-state index contributed by atoms with van der Waals surface area (Å²) in [5.41, 5.74) is 8.50. The first-order chi connectivity index (χ1) is 13.7. The summed E-state index contributed by atoms with van der Waals surface area (Å²) in [5, 5.41) is 2.46. The van der Waals surface area contributed by atoms with Gasteiger partial charge in [-0.15, -0.1) is 0 Å². The molecular weight excluding hydrogens is 340 g/mol. The minimum Gasteiger partial charge on any atom is -0.246 e. The lowest BCUT2D eigenvalue weighted by atomic mass is 10.1. The summed E-state index contributed by atoms with van der Waals surface area (Å²) >= 11 is 0. The van der Waals surface area contributed by atoms with E-state index in [4.69, 9.17) is 9.98 Å². The lowest BCUT2D eigenvalue weighted by Gasteiger charge is -2.07. The first kappa shape index (κ1) is 16.6. The predicted molar refractivity (Wildman–Crippen MR) is 119 cm³/mol. The predicted octanol–water partition coefficient (Wildman–Crippen LogP) is 6.71. The van der Waals surface area contributed by atoms with Gasteiger partial charge in [-0.25, -0.2) is 9.98 Å². The molecule has 0 saturated carbocycles. The Kier molecular flexibility index (Phi) is 3.91. The lowest BCUT2D eigenvalue weighted by molar-refractivity contribution is 1.39. The number of benzene rings is 4. The molecule has 0 atom stereocenters. The number of nitrogens with zero attached hydrogens (tertiary/aromatic N) is 2. The van der Waals surface area contributed by atoms with Crippen LogP contribution in [0.3, 0.4) is 0 Å². The van der Waals surface area contributed by atoms with Gasteiger partial charge in [-0.05, 0) is 42.5 Å². The topological polar surface area (TPSA) is 24.7 Å². The van der Waals surface area contributed by atoms with Crippen LogP contribution in [0.5, 0.6) is 0 Å². The molecule has 4 aromatic carbocycles. The summed E-state index contributed by atoms with van der Waals surface area (Å²) in [6.45, 7) is 4.19. The van der Waals surface area contributed by atoms with Crippen molar-refractivity contribution in [1.29, 1.82) is 0 Å². The minimum atomic E-state index is 0.948. The first-order valence-corrected chi connectivity index (χ1v) is 9.54. The molecule has 1 aliphatic rings. The van der Waals surface area contributed by atoms with Crippen LogP contribution in [0.1, 0.15) is 22.3 Å². The van der Waals surface area contributed by atoms with E-state index >= 15 is 0 Å². The first-order valence-electron chi connectivity index (χ1n) is 9.54. The molecular formula is C26H20N2. The van der Waals surface area contributed by atoms with Crippen LogP contribution in [-0.2, 0) is 0 Å². The fraction of sp³-hybridized carbons (Fsp3) is 0.0769. The molecule has 5 rings (SSSR count). The van der Waals surface area contributed by atoms with E-state index < -0.39 is 0 Å². The molecule has 0 saturated heterocycles. The monoisotopic (exact) mass is 360 g/mol. The molecule has 0 amide bonds. The second-order valence-electron chi connectivity index (χ2n) is 7.20. The third kappa shape index (κ3) is 2.66. The van der Waals surface area contributed by atoms with Crippen molar-refractivity contribution < 1.29 is 0 Å². The zero-order chi connectivity index (χ0) is 19.1. The molecule has 0 radical (unpaired) electrons. The van der Waals surface area contributed by atoms with Crippen molar-refractivity contribution in [3.63, 3.8) is 0 Å². The molecule has 2 nitrogen and oxygen atoms in total. The van der Waals surface area contributed by atoms with Gasteiger partial charge < -0.3 is 0 Å². The van der Waals surface area contributed by atoms with Crippen molar-refractivity contribution >= 4 is 33.6 Å². The summed E-state index contributed by atoms with van der Waals surface area (Å²) in [6.07, 6.45) is 0. The van der Waals surface area contributed by atoms with Crippen molar-refractivity contribution in [3.05, 3.63) is 107 Å². The summed E-state index contributed by atoms with van der Waals surface area (Å²) in [7, 11) is 0. The van der Waals surface area contributed by atoms with E-state index in [-0.39, 0.29) is 0 Å². The quantitative estimate of drug-likeness (QED) is 0.379. The number of aryl methyl sites for hydroxylation is 2. The van der Waals surface area contributed by atoms with Gasteiger partial charge in [0.1, 0.15) is 0 Å². The van der Waals surface area contributed by atoms with Crippen molar-refractivity contribution in [3.8, 4) is 0 Å². The zero-order valence-corrected chi connectivity index (χ0v) is 16.0. The van der Waals surface area contributed by atoms with Crippen LogP contribution in [-0.4, -0.2) is 11.4 Å². The Hall–Kier alpha value is -3.52. The third-order valence-electron chi connectivity index (χ3n) is 5.33. The Bertz CT molecular complexity index is 1180. The van der Waals surface area contributed by atoms with E-state index in [9.17, 15) is 0 Å². The Labute approximate surface area is 164 Å². The number of hydrogen-bond acceptors (Lipinski definition) is 2. The molecule has 0 spiro atoms. The maximum Gasteiger partial charge on any atom is 0.0978 e. The lowest BCUT2D eigenvalue weighted by Crippen LogP contribution is -2.10.